The number of carbonyl (C=O) groups is 2. The van der Waals surface area contributed by atoms with Crippen LogP contribution in [0.4, 0.5) is 0 Å². The first-order valence-corrected chi connectivity index (χ1v) is 3.62. The van der Waals surface area contributed by atoms with Crippen molar-refractivity contribution in [1.29, 1.82) is 0 Å². The summed E-state index contributed by atoms with van der Waals surface area (Å²) in [6.07, 6.45) is 1.25. The average Bonchev–Trinajstić information content (AvgIpc) is 2.18. The molecule has 0 N–H and O–H groups in total. The minimum Gasteiger partial charge on any atom is -0.338 e. The number of nitrogens with zero attached hydrogens (tertiary/aromatic N) is 1. The molecule has 4 nitrogen and oxygen atoms in total. The van der Waals surface area contributed by atoms with Gasteiger partial charge in [0.25, 0.3) is 5.91 Å². The van der Waals surface area contributed by atoms with Gasteiger partial charge in [0, 0.05) is 13.3 Å². The van der Waals surface area contributed by atoms with E-state index in [1.807, 2.05) is 6.92 Å². The van der Waals surface area contributed by atoms with Crippen molar-refractivity contribution in [2.24, 2.45) is 0 Å². The van der Waals surface area contributed by atoms with Crippen LogP contribution in [-0.2, 0) is 14.4 Å². The van der Waals surface area contributed by atoms with Gasteiger partial charge >= 0.3 is 5.97 Å². The standard InChI is InChI=1S/C7H11NO3/c1-5-3-4-7(10)8(5)11-6(2)9/h5H,3-4H2,1-2H3/t5-/m0/s1. The van der Waals surface area contributed by atoms with Crippen molar-refractivity contribution in [3.05, 3.63) is 0 Å². The van der Waals surface area contributed by atoms with Crippen molar-refractivity contribution in [3.8, 4) is 0 Å². The molecule has 1 atom stereocenters. The van der Waals surface area contributed by atoms with Gasteiger partial charge in [-0.2, -0.15) is 5.06 Å². The second kappa shape index (κ2) is 2.90. The molecule has 0 aromatic rings. The van der Waals surface area contributed by atoms with Gasteiger partial charge in [-0.1, -0.05) is 0 Å². The van der Waals surface area contributed by atoms with Crippen molar-refractivity contribution in [1.82, 2.24) is 5.06 Å². The highest BCUT2D eigenvalue weighted by molar-refractivity contribution is 5.79. The van der Waals surface area contributed by atoms with Gasteiger partial charge < -0.3 is 4.84 Å². The van der Waals surface area contributed by atoms with Crippen molar-refractivity contribution >= 4 is 11.9 Å². The van der Waals surface area contributed by atoms with Gasteiger partial charge in [-0.25, -0.2) is 0 Å². The SMILES string of the molecule is CC(=O)ON1C(=O)CC[C@@H]1C. The zero-order chi connectivity index (χ0) is 8.43. The first-order chi connectivity index (χ1) is 5.11. The summed E-state index contributed by atoms with van der Waals surface area (Å²) in [5.41, 5.74) is 0. The molecule has 1 amide bonds. The summed E-state index contributed by atoms with van der Waals surface area (Å²) in [5.74, 6) is -0.542. The van der Waals surface area contributed by atoms with Crippen LogP contribution < -0.4 is 0 Å². The first kappa shape index (κ1) is 8.04. The fourth-order valence-corrected chi connectivity index (χ4v) is 1.08. The highest BCUT2D eigenvalue weighted by Crippen LogP contribution is 2.17. The monoisotopic (exact) mass is 157 g/mol. The molecule has 11 heavy (non-hydrogen) atoms. The largest absolute Gasteiger partial charge is 0.338 e. The van der Waals surface area contributed by atoms with Crippen molar-refractivity contribution in [2.75, 3.05) is 0 Å². The summed E-state index contributed by atoms with van der Waals surface area (Å²) in [6, 6.07) is 0.0337. The third kappa shape index (κ3) is 1.69. The van der Waals surface area contributed by atoms with Crippen LogP contribution in [0.15, 0.2) is 0 Å². The Balaban J connectivity index is 2.54. The maximum atomic E-state index is 11.0. The molecule has 1 heterocycles. The molecular weight excluding hydrogens is 146 g/mol. The molecule has 0 aliphatic carbocycles. The summed E-state index contributed by atoms with van der Waals surface area (Å²) in [7, 11) is 0. The maximum absolute atomic E-state index is 11.0. The molecule has 1 aliphatic rings. The van der Waals surface area contributed by atoms with Gasteiger partial charge in [-0.3, -0.25) is 9.59 Å². The molecule has 0 bridgehead atoms. The van der Waals surface area contributed by atoms with Crippen LogP contribution in [0, 0.1) is 0 Å². The maximum Gasteiger partial charge on any atom is 0.329 e. The molecule has 1 rings (SSSR count). The minimum absolute atomic E-state index is 0.0337. The molecular formula is C7H11NO3. The van der Waals surface area contributed by atoms with E-state index in [-0.39, 0.29) is 11.9 Å². The van der Waals surface area contributed by atoms with E-state index in [0.29, 0.717) is 6.42 Å². The van der Waals surface area contributed by atoms with E-state index in [9.17, 15) is 9.59 Å². The fraction of sp³-hybridized carbons (Fsp3) is 0.714. The van der Waals surface area contributed by atoms with Crippen LogP contribution in [0.5, 0.6) is 0 Å². The number of rotatable bonds is 1. The third-order valence-corrected chi connectivity index (χ3v) is 1.65. The predicted molar refractivity (Wildman–Crippen MR) is 37.3 cm³/mol. The number of hydrogen-bond donors (Lipinski definition) is 0. The molecule has 0 unspecified atom stereocenters. The highest BCUT2D eigenvalue weighted by atomic mass is 16.7. The highest BCUT2D eigenvalue weighted by Gasteiger charge is 2.30. The molecule has 0 radical (unpaired) electrons. The molecule has 1 aliphatic heterocycles. The lowest BCUT2D eigenvalue weighted by molar-refractivity contribution is -0.197. The Bertz CT molecular complexity index is 190. The Hall–Kier alpha value is -1.06. The Kier molecular flexibility index (Phi) is 2.12. The van der Waals surface area contributed by atoms with E-state index in [1.165, 1.54) is 6.92 Å². The lowest BCUT2D eigenvalue weighted by atomic mass is 10.3. The van der Waals surface area contributed by atoms with Crippen molar-refractivity contribution in [2.45, 2.75) is 32.7 Å². The van der Waals surface area contributed by atoms with Gasteiger partial charge in [0.05, 0.1) is 6.04 Å². The quantitative estimate of drug-likeness (QED) is 0.556. The molecule has 0 spiro atoms. The summed E-state index contributed by atoms with van der Waals surface area (Å²) in [4.78, 5) is 26.1. The molecule has 1 fully saturated rings. The van der Waals surface area contributed by atoms with Gasteiger partial charge in [0.1, 0.15) is 0 Å². The van der Waals surface area contributed by atoms with Crippen LogP contribution in [-0.4, -0.2) is 23.0 Å². The van der Waals surface area contributed by atoms with Gasteiger partial charge in [-0.15, -0.1) is 0 Å². The Labute approximate surface area is 65.1 Å². The third-order valence-electron chi connectivity index (χ3n) is 1.65. The topological polar surface area (TPSA) is 46.6 Å². The summed E-state index contributed by atoms with van der Waals surface area (Å²) in [6.45, 7) is 3.14. The van der Waals surface area contributed by atoms with Gasteiger partial charge in [0.2, 0.25) is 0 Å². The Morgan fingerprint density at radius 3 is 2.73 bits per heavy atom. The first-order valence-electron chi connectivity index (χ1n) is 3.62. The summed E-state index contributed by atoms with van der Waals surface area (Å²) >= 11 is 0. The zero-order valence-electron chi connectivity index (χ0n) is 6.66. The van der Waals surface area contributed by atoms with Gasteiger partial charge in [0.15, 0.2) is 0 Å². The molecule has 1 saturated heterocycles. The Morgan fingerprint density at radius 2 is 2.36 bits per heavy atom. The van der Waals surface area contributed by atoms with Gasteiger partial charge in [-0.05, 0) is 13.3 Å². The second-order valence-electron chi connectivity index (χ2n) is 2.69. The second-order valence-corrected chi connectivity index (χ2v) is 2.69. The number of hydrogen-bond acceptors (Lipinski definition) is 3. The lowest BCUT2D eigenvalue weighted by Crippen LogP contribution is -2.32. The summed E-state index contributed by atoms with van der Waals surface area (Å²) in [5, 5.41) is 1.16. The molecule has 0 saturated carbocycles. The van der Waals surface area contributed by atoms with Crippen molar-refractivity contribution in [3.63, 3.8) is 0 Å². The van der Waals surface area contributed by atoms with E-state index >= 15 is 0 Å². The minimum atomic E-state index is -0.438. The fourth-order valence-electron chi connectivity index (χ4n) is 1.08. The normalized spacial score (nSPS) is 24.0. The van der Waals surface area contributed by atoms with Crippen LogP contribution in [0.2, 0.25) is 0 Å². The van der Waals surface area contributed by atoms with E-state index in [0.717, 1.165) is 11.5 Å². The van der Waals surface area contributed by atoms with Crippen LogP contribution in [0.3, 0.4) is 0 Å². The van der Waals surface area contributed by atoms with Crippen LogP contribution in [0.25, 0.3) is 0 Å². The van der Waals surface area contributed by atoms with E-state index in [4.69, 9.17) is 0 Å². The number of amides is 1. The molecule has 62 valence electrons. The van der Waals surface area contributed by atoms with Crippen molar-refractivity contribution < 1.29 is 14.4 Å². The smallest absolute Gasteiger partial charge is 0.329 e. The average molecular weight is 157 g/mol. The van der Waals surface area contributed by atoms with Crippen LogP contribution in [0.1, 0.15) is 26.7 Å². The van der Waals surface area contributed by atoms with E-state index in [1.54, 1.807) is 0 Å². The zero-order valence-corrected chi connectivity index (χ0v) is 6.66. The van der Waals surface area contributed by atoms with E-state index < -0.39 is 5.97 Å². The summed E-state index contributed by atoms with van der Waals surface area (Å²) < 4.78 is 0. The number of hydroxylamine groups is 2. The molecule has 4 heteroatoms. The Morgan fingerprint density at radius 1 is 1.73 bits per heavy atom. The van der Waals surface area contributed by atoms with E-state index in [2.05, 4.69) is 4.84 Å². The predicted octanol–water partition coefficient (Wildman–Crippen LogP) is 0.475. The van der Waals surface area contributed by atoms with Crippen LogP contribution >= 0.6 is 0 Å². The number of carbonyl (C=O) groups excluding carboxylic acids is 2. The molecule has 0 aromatic carbocycles. The lowest BCUT2D eigenvalue weighted by Gasteiger charge is -2.18. The molecule has 0 aromatic heterocycles.